The van der Waals surface area contributed by atoms with E-state index >= 15 is 0 Å². The molecule has 0 aliphatic carbocycles. The number of nitrogens with one attached hydrogen (secondary N) is 2. The largest absolute Gasteiger partial charge is 0.495 e. The van der Waals surface area contributed by atoms with Crippen LogP contribution in [0.4, 0.5) is 11.4 Å². The number of nitrogens with zero attached hydrogens (tertiary/aromatic N) is 1. The van der Waals surface area contributed by atoms with Crippen molar-refractivity contribution >= 4 is 23.2 Å². The lowest BCUT2D eigenvalue weighted by atomic mass is 10.0. The van der Waals surface area contributed by atoms with Crippen molar-refractivity contribution in [3.05, 3.63) is 71.0 Å². The Bertz CT molecular complexity index is 1130. The maximum Gasteiger partial charge on any atom is 0.257 e. The Kier molecular flexibility index (Phi) is 6.49. The molecule has 31 heavy (non-hydrogen) atoms. The number of hydrogen-bond acceptors (Lipinski definition) is 3. The van der Waals surface area contributed by atoms with Gasteiger partial charge in [-0.05, 0) is 61.7 Å². The van der Waals surface area contributed by atoms with Crippen molar-refractivity contribution in [1.82, 2.24) is 4.57 Å². The normalized spacial score (nSPS) is 10.8. The fraction of sp³-hybridized carbons (Fsp3) is 0.280. The summed E-state index contributed by atoms with van der Waals surface area (Å²) < 4.78 is 7.37. The van der Waals surface area contributed by atoms with Crippen LogP contribution in [0.3, 0.4) is 0 Å². The van der Waals surface area contributed by atoms with Gasteiger partial charge < -0.3 is 19.9 Å². The summed E-state index contributed by atoms with van der Waals surface area (Å²) in [5, 5.41) is 5.65. The summed E-state index contributed by atoms with van der Waals surface area (Å²) in [5.41, 5.74) is 5.82. The number of anilines is 2. The summed E-state index contributed by atoms with van der Waals surface area (Å²) >= 11 is 0. The van der Waals surface area contributed by atoms with E-state index in [0.29, 0.717) is 28.6 Å². The quantitative estimate of drug-likeness (QED) is 0.559. The van der Waals surface area contributed by atoms with Gasteiger partial charge in [0.1, 0.15) is 5.75 Å². The van der Waals surface area contributed by atoms with Crippen LogP contribution in [0.2, 0.25) is 0 Å². The first-order valence-corrected chi connectivity index (χ1v) is 10.3. The Morgan fingerprint density at radius 1 is 1.00 bits per heavy atom. The van der Waals surface area contributed by atoms with Gasteiger partial charge in [-0.2, -0.15) is 0 Å². The third-order valence-electron chi connectivity index (χ3n) is 5.24. The van der Waals surface area contributed by atoms with Crippen LogP contribution in [0.5, 0.6) is 5.75 Å². The van der Waals surface area contributed by atoms with E-state index in [4.69, 9.17) is 4.74 Å². The lowest BCUT2D eigenvalue weighted by Crippen LogP contribution is -2.14. The van der Waals surface area contributed by atoms with E-state index in [1.54, 1.807) is 18.2 Å². The molecule has 0 spiro atoms. The predicted molar refractivity (Wildman–Crippen MR) is 125 cm³/mol. The number of aromatic nitrogens is 1. The third-order valence-corrected chi connectivity index (χ3v) is 5.24. The fourth-order valence-corrected chi connectivity index (χ4v) is 3.68. The van der Waals surface area contributed by atoms with Gasteiger partial charge in [0.25, 0.3) is 5.91 Å². The van der Waals surface area contributed by atoms with Crippen LogP contribution in [-0.2, 0) is 4.79 Å². The Balaban J connectivity index is 1.91. The maximum absolute atomic E-state index is 13.1. The molecule has 0 unspecified atom stereocenters. The molecular formula is C25H29N3O3. The smallest absolute Gasteiger partial charge is 0.257 e. The highest BCUT2D eigenvalue weighted by molar-refractivity contribution is 6.06. The Morgan fingerprint density at radius 2 is 1.74 bits per heavy atom. The topological polar surface area (TPSA) is 72.4 Å². The van der Waals surface area contributed by atoms with Gasteiger partial charge >= 0.3 is 0 Å². The monoisotopic (exact) mass is 419 g/mol. The summed E-state index contributed by atoms with van der Waals surface area (Å²) in [6, 6.07) is 15.4. The summed E-state index contributed by atoms with van der Waals surface area (Å²) in [4.78, 5) is 24.5. The van der Waals surface area contributed by atoms with Crippen molar-refractivity contribution in [2.75, 3.05) is 17.7 Å². The molecule has 1 aromatic heterocycles. The number of ether oxygens (including phenoxy) is 1. The second-order valence-corrected chi connectivity index (χ2v) is 7.92. The Hall–Kier alpha value is -3.54. The van der Waals surface area contributed by atoms with Crippen LogP contribution in [0.1, 0.15) is 54.0 Å². The zero-order chi connectivity index (χ0) is 22.7. The third kappa shape index (κ3) is 4.79. The van der Waals surface area contributed by atoms with E-state index in [2.05, 4.69) is 47.2 Å². The molecule has 0 bridgehead atoms. The molecule has 162 valence electrons. The first kappa shape index (κ1) is 22.2. The standard InChI is InChI=1S/C25H29N3O3/c1-15(2)19-8-7-9-21(13-19)28-16(3)12-22(17(28)4)25(30)27-20-10-11-24(31-6)23(14-20)26-18(5)29/h7-15H,1-6H3,(H,26,29)(H,27,30). The van der Waals surface area contributed by atoms with E-state index < -0.39 is 0 Å². The molecule has 0 saturated carbocycles. The van der Waals surface area contributed by atoms with Crippen molar-refractivity contribution in [1.29, 1.82) is 0 Å². The summed E-state index contributed by atoms with van der Waals surface area (Å²) in [6.45, 7) is 9.69. The second-order valence-electron chi connectivity index (χ2n) is 7.92. The first-order valence-electron chi connectivity index (χ1n) is 10.3. The zero-order valence-corrected chi connectivity index (χ0v) is 18.9. The van der Waals surface area contributed by atoms with Crippen molar-refractivity contribution in [2.45, 2.75) is 40.5 Å². The van der Waals surface area contributed by atoms with E-state index in [1.165, 1.54) is 19.6 Å². The minimum absolute atomic E-state index is 0.210. The zero-order valence-electron chi connectivity index (χ0n) is 18.9. The molecule has 2 aromatic carbocycles. The van der Waals surface area contributed by atoms with Crippen molar-refractivity contribution < 1.29 is 14.3 Å². The lowest BCUT2D eigenvalue weighted by molar-refractivity contribution is -0.114. The number of rotatable bonds is 6. The molecule has 0 saturated heterocycles. The highest BCUT2D eigenvalue weighted by Crippen LogP contribution is 2.29. The van der Waals surface area contributed by atoms with Crippen molar-refractivity contribution in [3.8, 4) is 11.4 Å². The molecule has 6 heteroatoms. The van der Waals surface area contributed by atoms with Gasteiger partial charge in [0, 0.05) is 29.7 Å². The molecule has 0 aliphatic heterocycles. The van der Waals surface area contributed by atoms with Gasteiger partial charge in [-0.3, -0.25) is 9.59 Å². The number of hydrogen-bond donors (Lipinski definition) is 2. The summed E-state index contributed by atoms with van der Waals surface area (Å²) in [7, 11) is 1.53. The van der Waals surface area contributed by atoms with E-state index in [-0.39, 0.29) is 11.8 Å². The van der Waals surface area contributed by atoms with Gasteiger partial charge in [0.15, 0.2) is 0 Å². The lowest BCUT2D eigenvalue weighted by Gasteiger charge is -2.14. The molecule has 6 nitrogen and oxygen atoms in total. The van der Waals surface area contributed by atoms with Crippen LogP contribution in [-0.4, -0.2) is 23.5 Å². The number of amides is 2. The maximum atomic E-state index is 13.1. The molecule has 0 aliphatic rings. The van der Waals surface area contributed by atoms with Crippen molar-refractivity contribution in [3.63, 3.8) is 0 Å². The molecule has 0 atom stereocenters. The number of carbonyl (C=O) groups is 2. The molecule has 3 rings (SSSR count). The SMILES string of the molecule is COc1ccc(NC(=O)c2cc(C)n(-c3cccc(C(C)C)c3)c2C)cc1NC(C)=O. The van der Waals surface area contributed by atoms with E-state index in [9.17, 15) is 9.59 Å². The van der Waals surface area contributed by atoms with Crippen LogP contribution < -0.4 is 15.4 Å². The Morgan fingerprint density at radius 3 is 2.39 bits per heavy atom. The second kappa shape index (κ2) is 9.08. The minimum atomic E-state index is -0.214. The molecule has 0 fully saturated rings. The fourth-order valence-electron chi connectivity index (χ4n) is 3.68. The Labute approximate surface area is 183 Å². The molecule has 1 heterocycles. The van der Waals surface area contributed by atoms with Gasteiger partial charge in [0.2, 0.25) is 5.91 Å². The predicted octanol–water partition coefficient (Wildman–Crippen LogP) is 5.44. The van der Waals surface area contributed by atoms with E-state index in [0.717, 1.165) is 17.1 Å². The average molecular weight is 420 g/mol. The van der Waals surface area contributed by atoms with Crippen LogP contribution >= 0.6 is 0 Å². The molecule has 3 aromatic rings. The van der Waals surface area contributed by atoms with Crippen molar-refractivity contribution in [2.24, 2.45) is 0 Å². The first-order chi connectivity index (χ1) is 14.7. The molecule has 2 N–H and O–H groups in total. The highest BCUT2D eigenvalue weighted by Gasteiger charge is 2.18. The number of methoxy groups -OCH3 is 1. The van der Waals surface area contributed by atoms with Gasteiger partial charge in [0.05, 0.1) is 18.4 Å². The average Bonchev–Trinajstić information content (AvgIpc) is 3.02. The number of aryl methyl sites for hydroxylation is 1. The number of carbonyl (C=O) groups excluding carboxylic acids is 2. The molecular weight excluding hydrogens is 390 g/mol. The highest BCUT2D eigenvalue weighted by atomic mass is 16.5. The van der Waals surface area contributed by atoms with Gasteiger partial charge in [-0.15, -0.1) is 0 Å². The van der Waals surface area contributed by atoms with Gasteiger partial charge in [-0.25, -0.2) is 0 Å². The summed E-state index contributed by atoms with van der Waals surface area (Å²) in [6.07, 6.45) is 0. The van der Waals surface area contributed by atoms with E-state index in [1.807, 2.05) is 26.0 Å². The van der Waals surface area contributed by atoms with Crippen LogP contribution in [0.25, 0.3) is 5.69 Å². The minimum Gasteiger partial charge on any atom is -0.495 e. The summed E-state index contributed by atoms with van der Waals surface area (Å²) in [5.74, 6) is 0.524. The van der Waals surface area contributed by atoms with Crippen LogP contribution in [0.15, 0.2) is 48.5 Å². The molecule has 0 radical (unpaired) electrons. The number of benzene rings is 2. The van der Waals surface area contributed by atoms with Crippen LogP contribution in [0, 0.1) is 13.8 Å². The molecule has 2 amide bonds. The van der Waals surface area contributed by atoms with Gasteiger partial charge in [-0.1, -0.05) is 26.0 Å².